The Morgan fingerprint density at radius 1 is 1.00 bits per heavy atom. The number of halogens is 6. The number of benzene rings is 2. The van der Waals surface area contributed by atoms with Gasteiger partial charge in [-0.3, -0.25) is 9.78 Å². The fourth-order valence-corrected chi connectivity index (χ4v) is 3.66. The minimum atomic E-state index is -3.24. The molecule has 0 atom stereocenters. The number of rotatable bonds is 7. The topological polar surface area (TPSA) is 30.0 Å². The normalized spacial score (nSPS) is 12.0. The number of allylic oxidation sites excluding steroid dienone is 1. The van der Waals surface area contributed by atoms with Crippen molar-refractivity contribution in [2.75, 3.05) is 0 Å². The number of alkyl halides is 4. The second-order valence-corrected chi connectivity index (χ2v) is 8.20. The minimum absolute atomic E-state index is 0.0356. The Labute approximate surface area is 192 Å². The summed E-state index contributed by atoms with van der Waals surface area (Å²) in [6.45, 7) is 5.09. The molecule has 0 saturated carbocycles. The van der Waals surface area contributed by atoms with Crippen molar-refractivity contribution in [2.24, 2.45) is 0 Å². The predicted molar refractivity (Wildman–Crippen MR) is 117 cm³/mol. The average molecular weight is 480 g/mol. The summed E-state index contributed by atoms with van der Waals surface area (Å²) in [5, 5.41) is -0.104. The number of nitrogens with zero attached hydrogens (tertiary/aromatic N) is 1. The van der Waals surface area contributed by atoms with Crippen molar-refractivity contribution in [3.05, 3.63) is 100.0 Å². The smallest absolute Gasteiger partial charge is 0.272 e. The van der Waals surface area contributed by atoms with Gasteiger partial charge >= 0.3 is 0 Å². The highest BCUT2D eigenvalue weighted by Crippen LogP contribution is 2.36. The highest BCUT2D eigenvalue weighted by molar-refractivity contribution is 6.31. The number of carbonyl (C=O) groups excluding carboxylic acids is 1. The minimum Gasteiger partial charge on any atom is -0.289 e. The first-order valence-electron chi connectivity index (χ1n) is 9.81. The Kier molecular flexibility index (Phi) is 6.75. The summed E-state index contributed by atoms with van der Waals surface area (Å²) in [7, 11) is 0. The number of ketones is 1. The number of aromatic nitrogens is 1. The number of hydrogen-bond acceptors (Lipinski definition) is 2. The van der Waals surface area contributed by atoms with Crippen LogP contribution >= 0.6 is 11.6 Å². The van der Waals surface area contributed by atoms with Crippen LogP contribution in [0.4, 0.5) is 22.0 Å². The fraction of sp³-hybridized carbons (Fsp3) is 0.200. The third-order valence-electron chi connectivity index (χ3n) is 5.01. The lowest BCUT2D eigenvalue weighted by atomic mass is 9.94. The highest BCUT2D eigenvalue weighted by Gasteiger charge is 2.30. The van der Waals surface area contributed by atoms with Crippen molar-refractivity contribution >= 4 is 17.4 Å². The third kappa shape index (κ3) is 5.47. The van der Waals surface area contributed by atoms with Crippen molar-refractivity contribution in [1.29, 1.82) is 0 Å². The number of Topliss-reactive ketones (excluding diaryl/α,β-unsaturated/α-hetero) is 1. The Morgan fingerprint density at radius 3 is 2.27 bits per heavy atom. The maximum atomic E-state index is 14.8. The van der Waals surface area contributed by atoms with E-state index in [-0.39, 0.29) is 39.4 Å². The van der Waals surface area contributed by atoms with E-state index in [1.165, 1.54) is 42.6 Å². The molecule has 0 saturated heterocycles. The molecular formula is C25H19ClF5NO. The Balaban J connectivity index is 1.87. The molecule has 0 radical (unpaired) electrons. The van der Waals surface area contributed by atoms with E-state index in [9.17, 15) is 26.7 Å². The molecule has 2 nitrogen and oxygen atoms in total. The van der Waals surface area contributed by atoms with Crippen LogP contribution in [0.15, 0.2) is 66.9 Å². The Bertz CT molecular complexity index is 1230. The number of hydrogen-bond donors (Lipinski definition) is 0. The van der Waals surface area contributed by atoms with Gasteiger partial charge in [0.1, 0.15) is 5.82 Å². The van der Waals surface area contributed by atoms with Gasteiger partial charge in [0.25, 0.3) is 11.8 Å². The van der Waals surface area contributed by atoms with E-state index in [4.69, 9.17) is 11.6 Å². The molecule has 0 aliphatic carbocycles. The van der Waals surface area contributed by atoms with Crippen molar-refractivity contribution in [3.63, 3.8) is 0 Å². The lowest BCUT2D eigenvalue weighted by Crippen LogP contribution is -2.11. The van der Waals surface area contributed by atoms with E-state index in [1.807, 2.05) is 0 Å². The van der Waals surface area contributed by atoms with E-state index in [1.54, 1.807) is 0 Å². The lowest BCUT2D eigenvalue weighted by Gasteiger charge is -2.16. The molecule has 0 aliphatic rings. The van der Waals surface area contributed by atoms with Crippen molar-refractivity contribution < 1.29 is 26.7 Å². The van der Waals surface area contributed by atoms with E-state index in [2.05, 4.69) is 11.6 Å². The van der Waals surface area contributed by atoms with Crippen LogP contribution in [0.3, 0.4) is 0 Å². The van der Waals surface area contributed by atoms with Gasteiger partial charge in [0.2, 0.25) is 0 Å². The standard InChI is InChI=1S/C25H19ClF5NO/c1-14(11-15-6-9-20(26)19(12-15)25(3,30)31)23(33)16-7-8-17(21(27)13-16)22-18(24(2,28)29)5-4-10-32-22/h4-10,12-13H,1,11H2,2-3H3. The first-order chi connectivity index (χ1) is 15.3. The molecule has 1 aromatic heterocycles. The molecule has 0 aliphatic heterocycles. The second-order valence-electron chi connectivity index (χ2n) is 7.79. The van der Waals surface area contributed by atoms with Crippen molar-refractivity contribution in [3.8, 4) is 11.3 Å². The zero-order chi connectivity index (χ0) is 24.6. The third-order valence-corrected chi connectivity index (χ3v) is 5.34. The van der Waals surface area contributed by atoms with Crippen LogP contribution in [0.2, 0.25) is 5.02 Å². The maximum Gasteiger partial charge on any atom is 0.272 e. The second kappa shape index (κ2) is 9.06. The van der Waals surface area contributed by atoms with Crippen LogP contribution in [0.1, 0.15) is 40.9 Å². The first-order valence-corrected chi connectivity index (χ1v) is 10.2. The molecule has 172 valence electrons. The summed E-state index contributed by atoms with van der Waals surface area (Å²) in [4.78, 5) is 16.6. The maximum absolute atomic E-state index is 14.8. The van der Waals surface area contributed by atoms with Gasteiger partial charge in [0.15, 0.2) is 5.78 Å². The molecule has 0 fully saturated rings. The van der Waals surface area contributed by atoms with E-state index < -0.39 is 29.0 Å². The van der Waals surface area contributed by atoms with Crippen LogP contribution in [0, 0.1) is 5.82 Å². The van der Waals surface area contributed by atoms with Gasteiger partial charge < -0.3 is 0 Å². The average Bonchev–Trinajstić information content (AvgIpc) is 2.73. The molecule has 0 N–H and O–H groups in total. The van der Waals surface area contributed by atoms with E-state index in [0.717, 1.165) is 12.1 Å². The predicted octanol–water partition coefficient (Wildman–Crippen LogP) is 7.75. The summed E-state index contributed by atoms with van der Waals surface area (Å²) >= 11 is 5.83. The number of carbonyl (C=O) groups is 1. The van der Waals surface area contributed by atoms with E-state index in [0.29, 0.717) is 19.4 Å². The molecule has 0 amide bonds. The summed E-state index contributed by atoms with van der Waals surface area (Å²) < 4.78 is 70.0. The van der Waals surface area contributed by atoms with Crippen molar-refractivity contribution in [1.82, 2.24) is 4.98 Å². The van der Waals surface area contributed by atoms with Crippen molar-refractivity contribution in [2.45, 2.75) is 32.1 Å². The lowest BCUT2D eigenvalue weighted by molar-refractivity contribution is 0.0169. The largest absolute Gasteiger partial charge is 0.289 e. The SMILES string of the molecule is C=C(Cc1ccc(Cl)c(C(C)(F)F)c1)C(=O)c1ccc(-c2ncccc2C(C)(F)F)c(F)c1. The molecule has 0 unspecified atom stereocenters. The van der Waals surface area contributed by atoms with Gasteiger partial charge in [-0.1, -0.05) is 30.3 Å². The molecule has 8 heteroatoms. The van der Waals surface area contributed by atoms with Crippen LogP contribution < -0.4 is 0 Å². The molecule has 2 aromatic carbocycles. The van der Waals surface area contributed by atoms with Gasteiger partial charge in [-0.15, -0.1) is 0 Å². The van der Waals surface area contributed by atoms with Gasteiger partial charge in [0, 0.05) is 53.7 Å². The van der Waals surface area contributed by atoms with Gasteiger partial charge in [-0.05, 0) is 47.5 Å². The summed E-state index contributed by atoms with van der Waals surface area (Å²) in [5.41, 5.74) is -0.869. The zero-order valence-electron chi connectivity index (χ0n) is 17.7. The summed E-state index contributed by atoms with van der Waals surface area (Å²) in [6, 6.07) is 9.88. The molecule has 0 bridgehead atoms. The fourth-order valence-electron chi connectivity index (χ4n) is 3.37. The van der Waals surface area contributed by atoms with Crippen LogP contribution in [0.5, 0.6) is 0 Å². The Morgan fingerprint density at radius 2 is 1.67 bits per heavy atom. The summed E-state index contributed by atoms with van der Waals surface area (Å²) in [6.07, 6.45) is 1.21. The first kappa shape index (κ1) is 24.6. The zero-order valence-corrected chi connectivity index (χ0v) is 18.5. The van der Waals surface area contributed by atoms with Crippen LogP contribution in [-0.2, 0) is 18.3 Å². The molecule has 0 spiro atoms. The van der Waals surface area contributed by atoms with Gasteiger partial charge in [0.05, 0.1) is 5.69 Å². The molecule has 33 heavy (non-hydrogen) atoms. The molecule has 3 aromatic rings. The van der Waals surface area contributed by atoms with Crippen LogP contribution in [0.25, 0.3) is 11.3 Å². The molecule has 1 heterocycles. The molecular weight excluding hydrogens is 461 g/mol. The summed E-state index contributed by atoms with van der Waals surface area (Å²) in [5.74, 6) is -7.93. The highest BCUT2D eigenvalue weighted by atomic mass is 35.5. The quantitative estimate of drug-likeness (QED) is 0.197. The monoisotopic (exact) mass is 479 g/mol. The van der Waals surface area contributed by atoms with Gasteiger partial charge in [-0.25, -0.2) is 22.0 Å². The number of pyridine rings is 1. The van der Waals surface area contributed by atoms with E-state index >= 15 is 0 Å². The Hall–Kier alpha value is -3.06. The molecule has 3 rings (SSSR count). The van der Waals surface area contributed by atoms with Gasteiger partial charge in [-0.2, -0.15) is 0 Å². The van der Waals surface area contributed by atoms with Crippen LogP contribution in [-0.4, -0.2) is 10.8 Å².